The van der Waals surface area contributed by atoms with E-state index in [1.807, 2.05) is 0 Å². The highest BCUT2D eigenvalue weighted by Gasteiger charge is 2.29. The molecule has 3 amide bonds. The lowest BCUT2D eigenvalue weighted by Crippen LogP contribution is -2.41. The number of anilines is 1. The third kappa shape index (κ3) is 4.96. The van der Waals surface area contributed by atoms with E-state index in [1.54, 1.807) is 23.1 Å². The van der Waals surface area contributed by atoms with E-state index in [0.29, 0.717) is 42.3 Å². The fourth-order valence-corrected chi connectivity index (χ4v) is 3.72. The summed E-state index contributed by atoms with van der Waals surface area (Å²) in [5, 5.41) is 3.12. The molecule has 0 spiro atoms. The Kier molecular flexibility index (Phi) is 6.80. The number of rotatable bonds is 5. The van der Waals surface area contributed by atoms with Crippen molar-refractivity contribution in [1.82, 2.24) is 4.90 Å². The molecule has 1 heterocycles. The van der Waals surface area contributed by atoms with Crippen LogP contribution in [0.4, 0.5) is 10.1 Å². The van der Waals surface area contributed by atoms with Gasteiger partial charge in [0.15, 0.2) is 0 Å². The lowest BCUT2D eigenvalue weighted by Gasteiger charge is -2.32. The summed E-state index contributed by atoms with van der Waals surface area (Å²) in [6, 6.07) is 7.25. The van der Waals surface area contributed by atoms with Crippen molar-refractivity contribution in [2.75, 3.05) is 25.5 Å². The normalized spacial score (nSPS) is 14.3. The molecule has 1 saturated heterocycles. The van der Waals surface area contributed by atoms with E-state index in [9.17, 15) is 18.8 Å². The zero-order valence-electron chi connectivity index (χ0n) is 17.2. The Morgan fingerprint density at radius 1 is 1.19 bits per heavy atom. The summed E-state index contributed by atoms with van der Waals surface area (Å²) in [5.41, 5.74) is 6.00. The second kappa shape index (κ2) is 9.34. The molecule has 0 aliphatic carbocycles. The van der Waals surface area contributed by atoms with E-state index >= 15 is 0 Å². The Hall–Kier alpha value is -3.13. The minimum absolute atomic E-state index is 0.0192. The number of nitrogens with two attached hydrogens (primary N) is 1. The number of primary amides is 1. The van der Waals surface area contributed by atoms with Crippen molar-refractivity contribution in [1.29, 1.82) is 0 Å². The van der Waals surface area contributed by atoms with Gasteiger partial charge in [0, 0.05) is 40.8 Å². The summed E-state index contributed by atoms with van der Waals surface area (Å²) < 4.78 is 19.3. The molecule has 0 bridgehead atoms. The van der Waals surface area contributed by atoms with Crippen LogP contribution in [0.25, 0.3) is 0 Å². The summed E-state index contributed by atoms with van der Waals surface area (Å²) in [6.45, 7) is 2.26. The predicted molar refractivity (Wildman–Crippen MR) is 115 cm³/mol. The second-order valence-electron chi connectivity index (χ2n) is 7.40. The number of halogens is 2. The number of piperidine rings is 1. The standard InChI is InChI=1S/C22H23ClFN3O4/c1-12-17(24)9-14(20(25)28)10-18(12)26-21(29)13-5-7-27(8-6-13)22(30)16-11-15(23)3-4-19(16)31-2/h3-4,9-11,13H,5-8H2,1-2H3,(H2,25,28)(H,26,29). The summed E-state index contributed by atoms with van der Waals surface area (Å²) in [7, 11) is 1.48. The third-order valence-corrected chi connectivity index (χ3v) is 5.67. The van der Waals surface area contributed by atoms with Crippen molar-refractivity contribution in [2.24, 2.45) is 11.7 Å². The maximum Gasteiger partial charge on any atom is 0.257 e. The number of nitrogens with zero attached hydrogens (tertiary/aromatic N) is 1. The molecule has 2 aromatic carbocycles. The van der Waals surface area contributed by atoms with Crippen LogP contribution in [-0.2, 0) is 4.79 Å². The highest BCUT2D eigenvalue weighted by molar-refractivity contribution is 6.31. The Bertz CT molecular complexity index is 1040. The molecule has 0 saturated carbocycles. The monoisotopic (exact) mass is 447 g/mol. The summed E-state index contributed by atoms with van der Waals surface area (Å²) in [5.74, 6) is -1.84. The number of amides is 3. The van der Waals surface area contributed by atoms with E-state index in [4.69, 9.17) is 22.1 Å². The number of carbonyl (C=O) groups excluding carboxylic acids is 3. The molecular formula is C22H23ClFN3O4. The van der Waals surface area contributed by atoms with Crippen LogP contribution in [0.1, 0.15) is 39.1 Å². The summed E-state index contributed by atoms with van der Waals surface area (Å²) >= 11 is 6.02. The molecule has 164 valence electrons. The van der Waals surface area contributed by atoms with Gasteiger partial charge in [-0.15, -0.1) is 0 Å². The van der Waals surface area contributed by atoms with Crippen LogP contribution in [0.15, 0.2) is 30.3 Å². The minimum Gasteiger partial charge on any atom is -0.496 e. The molecule has 31 heavy (non-hydrogen) atoms. The topological polar surface area (TPSA) is 102 Å². The maximum atomic E-state index is 14.1. The first-order valence-corrected chi connectivity index (χ1v) is 10.1. The van der Waals surface area contributed by atoms with Crippen LogP contribution in [0, 0.1) is 18.7 Å². The van der Waals surface area contributed by atoms with Gasteiger partial charge in [0.2, 0.25) is 11.8 Å². The number of benzene rings is 2. The third-order valence-electron chi connectivity index (χ3n) is 5.43. The van der Waals surface area contributed by atoms with Gasteiger partial charge in [-0.3, -0.25) is 14.4 Å². The SMILES string of the molecule is COc1ccc(Cl)cc1C(=O)N1CCC(C(=O)Nc2cc(C(N)=O)cc(F)c2C)CC1. The first-order valence-electron chi connectivity index (χ1n) is 9.75. The zero-order valence-corrected chi connectivity index (χ0v) is 18.0. The van der Waals surface area contributed by atoms with Gasteiger partial charge >= 0.3 is 0 Å². The molecule has 2 aromatic rings. The molecule has 0 radical (unpaired) electrons. The van der Waals surface area contributed by atoms with Crippen molar-refractivity contribution in [3.05, 3.63) is 57.9 Å². The predicted octanol–water partition coefficient (Wildman–Crippen LogP) is 3.39. The number of ether oxygens (including phenoxy) is 1. The highest BCUT2D eigenvalue weighted by Crippen LogP contribution is 2.28. The molecule has 1 fully saturated rings. The van der Waals surface area contributed by atoms with E-state index in [0.717, 1.165) is 6.07 Å². The average molecular weight is 448 g/mol. The number of carbonyl (C=O) groups is 3. The number of hydrogen-bond donors (Lipinski definition) is 2. The zero-order chi connectivity index (χ0) is 22.7. The molecule has 0 atom stereocenters. The number of methoxy groups -OCH3 is 1. The van der Waals surface area contributed by atoms with Gasteiger partial charge in [0.25, 0.3) is 5.91 Å². The molecular weight excluding hydrogens is 425 g/mol. The molecule has 9 heteroatoms. The first kappa shape index (κ1) is 22.6. The molecule has 0 aromatic heterocycles. The Morgan fingerprint density at radius 3 is 2.48 bits per heavy atom. The van der Waals surface area contributed by atoms with Crippen molar-refractivity contribution in [2.45, 2.75) is 19.8 Å². The van der Waals surface area contributed by atoms with Gasteiger partial charge in [0.05, 0.1) is 12.7 Å². The Balaban J connectivity index is 1.66. The lowest BCUT2D eigenvalue weighted by molar-refractivity contribution is -0.121. The highest BCUT2D eigenvalue weighted by atomic mass is 35.5. The lowest BCUT2D eigenvalue weighted by atomic mass is 9.95. The number of nitrogens with one attached hydrogen (secondary N) is 1. The minimum atomic E-state index is -0.780. The fraction of sp³-hybridized carbons (Fsp3) is 0.318. The van der Waals surface area contributed by atoms with Crippen LogP contribution < -0.4 is 15.8 Å². The van der Waals surface area contributed by atoms with E-state index in [1.165, 1.54) is 20.1 Å². The van der Waals surface area contributed by atoms with Crippen LogP contribution >= 0.6 is 11.6 Å². The average Bonchev–Trinajstić information content (AvgIpc) is 2.76. The van der Waals surface area contributed by atoms with Crippen LogP contribution in [0.2, 0.25) is 5.02 Å². The van der Waals surface area contributed by atoms with E-state index < -0.39 is 11.7 Å². The molecule has 3 N–H and O–H groups in total. The molecule has 3 rings (SSSR count). The number of hydrogen-bond acceptors (Lipinski definition) is 4. The Morgan fingerprint density at radius 2 is 1.87 bits per heavy atom. The van der Waals surface area contributed by atoms with Crippen molar-refractivity contribution in [3.8, 4) is 5.75 Å². The van der Waals surface area contributed by atoms with Crippen LogP contribution in [0.5, 0.6) is 5.75 Å². The maximum absolute atomic E-state index is 14.1. The van der Waals surface area contributed by atoms with Gasteiger partial charge in [-0.1, -0.05) is 11.6 Å². The quantitative estimate of drug-likeness (QED) is 0.733. The first-order chi connectivity index (χ1) is 14.7. The van der Waals surface area contributed by atoms with Crippen LogP contribution in [0.3, 0.4) is 0 Å². The van der Waals surface area contributed by atoms with Crippen molar-refractivity contribution < 1.29 is 23.5 Å². The summed E-state index contributed by atoms with van der Waals surface area (Å²) in [4.78, 5) is 38.6. The van der Waals surface area contributed by atoms with Gasteiger partial charge in [-0.2, -0.15) is 0 Å². The molecule has 1 aliphatic rings. The van der Waals surface area contributed by atoms with Crippen LogP contribution in [-0.4, -0.2) is 42.8 Å². The van der Waals surface area contributed by atoms with Gasteiger partial charge in [0.1, 0.15) is 11.6 Å². The van der Waals surface area contributed by atoms with Crippen molar-refractivity contribution >= 4 is 35.0 Å². The smallest absolute Gasteiger partial charge is 0.257 e. The summed E-state index contributed by atoms with van der Waals surface area (Å²) in [6.07, 6.45) is 0.884. The Labute approximate surface area is 184 Å². The van der Waals surface area contributed by atoms with Gasteiger partial charge in [-0.25, -0.2) is 4.39 Å². The van der Waals surface area contributed by atoms with Crippen molar-refractivity contribution in [3.63, 3.8) is 0 Å². The molecule has 1 aliphatic heterocycles. The largest absolute Gasteiger partial charge is 0.496 e. The fourth-order valence-electron chi connectivity index (χ4n) is 3.55. The van der Waals surface area contributed by atoms with E-state index in [-0.39, 0.29) is 34.5 Å². The van der Waals surface area contributed by atoms with Gasteiger partial charge in [-0.05, 0) is 50.1 Å². The second-order valence-corrected chi connectivity index (χ2v) is 7.83. The van der Waals surface area contributed by atoms with Gasteiger partial charge < -0.3 is 20.7 Å². The number of likely N-dealkylation sites (tertiary alicyclic amines) is 1. The van der Waals surface area contributed by atoms with E-state index in [2.05, 4.69) is 5.32 Å². The molecule has 7 nitrogen and oxygen atoms in total. The molecule has 0 unspecified atom stereocenters.